The lowest BCUT2D eigenvalue weighted by atomic mass is 10.1. The number of methoxy groups -OCH3 is 2. The summed E-state index contributed by atoms with van der Waals surface area (Å²) in [6.07, 6.45) is 5.59. The molecule has 29 heavy (non-hydrogen) atoms. The third-order valence-electron chi connectivity index (χ3n) is 3.78. The molecule has 0 saturated heterocycles. The largest absolute Gasteiger partial charge is 0.465 e. The number of hydrogen-bond acceptors (Lipinski definition) is 5. The Morgan fingerprint density at radius 1 is 1.00 bits per heavy atom. The zero-order chi connectivity index (χ0) is 21.8. The van der Waals surface area contributed by atoms with E-state index in [0.29, 0.717) is 0 Å². The van der Waals surface area contributed by atoms with Crippen molar-refractivity contribution in [2.45, 2.75) is 19.6 Å². The first-order valence-electron chi connectivity index (χ1n) is 8.67. The number of halogens is 2. The van der Waals surface area contributed by atoms with Gasteiger partial charge in [-0.25, -0.2) is 18.4 Å². The smallest absolute Gasteiger partial charge is 0.355 e. The lowest BCUT2D eigenvalue weighted by Crippen LogP contribution is -2.27. The van der Waals surface area contributed by atoms with Gasteiger partial charge in [0.15, 0.2) is 11.6 Å². The second-order valence-electron chi connectivity index (χ2n) is 7.08. The van der Waals surface area contributed by atoms with Crippen LogP contribution in [0.5, 0.6) is 0 Å². The highest BCUT2D eigenvalue weighted by atomic mass is 28.3. The molecule has 0 bridgehead atoms. The van der Waals surface area contributed by atoms with Gasteiger partial charge in [0, 0.05) is 6.20 Å². The molecule has 0 amide bonds. The van der Waals surface area contributed by atoms with Crippen molar-refractivity contribution < 1.29 is 27.8 Å². The van der Waals surface area contributed by atoms with Crippen molar-refractivity contribution in [2.24, 2.45) is 0 Å². The third-order valence-corrected chi connectivity index (χ3v) is 4.66. The van der Waals surface area contributed by atoms with Gasteiger partial charge in [-0.15, -0.1) is 5.54 Å². The van der Waals surface area contributed by atoms with Crippen LogP contribution in [0.3, 0.4) is 0 Å². The van der Waals surface area contributed by atoms with Gasteiger partial charge in [-0.2, -0.15) is 0 Å². The Balaban J connectivity index is 2.67. The highest BCUT2D eigenvalue weighted by Crippen LogP contribution is 2.30. The van der Waals surface area contributed by atoms with Crippen LogP contribution in [0.2, 0.25) is 19.6 Å². The minimum Gasteiger partial charge on any atom is -0.465 e. The summed E-state index contributed by atoms with van der Waals surface area (Å²) in [4.78, 5) is 25.6. The van der Waals surface area contributed by atoms with Crippen LogP contribution in [0, 0.1) is 23.1 Å². The number of hydrogen-bond donors (Lipinski definition) is 0. The second kappa shape index (κ2) is 8.88. The lowest BCUT2D eigenvalue weighted by Gasteiger charge is -2.23. The zero-order valence-electron chi connectivity index (χ0n) is 16.8. The number of benzene rings is 1. The van der Waals surface area contributed by atoms with E-state index in [-0.39, 0.29) is 22.5 Å². The standard InChI is InChI=1S/C21H21F2NO4Si/c1-27-20(25)15-8-6-7-12-24(19(15)21(26)28-2)16-10-9-14(17(22)18(16)23)11-13-29(3,4)5/h6-10,12H,1-5H3. The molecular formula is C21H21F2NO4Si. The van der Waals surface area contributed by atoms with Crippen LogP contribution in [0.1, 0.15) is 5.56 Å². The van der Waals surface area contributed by atoms with Gasteiger partial charge in [-0.1, -0.05) is 31.6 Å². The molecule has 8 heteroatoms. The van der Waals surface area contributed by atoms with E-state index < -0.39 is 31.6 Å². The molecule has 1 aliphatic heterocycles. The van der Waals surface area contributed by atoms with Crippen LogP contribution in [0.4, 0.5) is 14.5 Å². The molecule has 5 nitrogen and oxygen atoms in total. The Morgan fingerprint density at radius 2 is 1.66 bits per heavy atom. The highest BCUT2D eigenvalue weighted by Gasteiger charge is 2.30. The number of nitrogens with zero attached hydrogens (tertiary/aromatic N) is 1. The van der Waals surface area contributed by atoms with Gasteiger partial charge in [0.2, 0.25) is 0 Å². The average Bonchev–Trinajstić information content (AvgIpc) is 2.90. The van der Waals surface area contributed by atoms with Crippen molar-refractivity contribution in [3.8, 4) is 11.5 Å². The van der Waals surface area contributed by atoms with Crippen molar-refractivity contribution in [3.05, 3.63) is 65.0 Å². The van der Waals surface area contributed by atoms with Crippen LogP contribution in [-0.4, -0.2) is 34.2 Å². The molecule has 0 atom stereocenters. The first-order chi connectivity index (χ1) is 13.6. The van der Waals surface area contributed by atoms with Crippen molar-refractivity contribution in [1.29, 1.82) is 0 Å². The predicted molar refractivity (Wildman–Crippen MR) is 108 cm³/mol. The van der Waals surface area contributed by atoms with Gasteiger partial charge >= 0.3 is 11.9 Å². The van der Waals surface area contributed by atoms with Gasteiger partial charge < -0.3 is 14.4 Å². The van der Waals surface area contributed by atoms with Crippen molar-refractivity contribution in [3.63, 3.8) is 0 Å². The summed E-state index contributed by atoms with van der Waals surface area (Å²) in [5.41, 5.74) is 2.16. The number of carbonyl (C=O) groups is 2. The number of esters is 2. The molecule has 0 unspecified atom stereocenters. The molecule has 0 spiro atoms. The highest BCUT2D eigenvalue weighted by molar-refractivity contribution is 6.83. The van der Waals surface area contributed by atoms with E-state index in [1.165, 1.54) is 36.6 Å². The molecule has 152 valence electrons. The molecule has 1 heterocycles. The van der Waals surface area contributed by atoms with Crippen LogP contribution in [0.15, 0.2) is 47.8 Å². The fraction of sp³-hybridized carbons (Fsp3) is 0.238. The monoisotopic (exact) mass is 417 g/mol. The first kappa shape index (κ1) is 22.1. The van der Waals surface area contributed by atoms with E-state index in [2.05, 4.69) is 11.5 Å². The maximum atomic E-state index is 14.9. The molecule has 1 aromatic carbocycles. The number of allylic oxidation sites excluding steroid dienone is 2. The predicted octanol–water partition coefficient (Wildman–Crippen LogP) is 3.68. The molecule has 0 N–H and O–H groups in total. The second-order valence-corrected chi connectivity index (χ2v) is 11.8. The number of carbonyl (C=O) groups excluding carboxylic acids is 2. The number of rotatable bonds is 3. The molecular weight excluding hydrogens is 396 g/mol. The lowest BCUT2D eigenvalue weighted by molar-refractivity contribution is -0.139. The van der Waals surface area contributed by atoms with Crippen LogP contribution in [0.25, 0.3) is 0 Å². The van der Waals surface area contributed by atoms with E-state index in [1.54, 1.807) is 0 Å². The molecule has 0 fully saturated rings. The van der Waals surface area contributed by atoms with Crippen LogP contribution < -0.4 is 4.90 Å². The summed E-state index contributed by atoms with van der Waals surface area (Å²) in [6.45, 7) is 5.96. The minimum atomic E-state index is -1.79. The Hall–Kier alpha value is -3.18. The Kier molecular flexibility index (Phi) is 6.77. The van der Waals surface area contributed by atoms with Gasteiger partial charge in [0.05, 0.1) is 31.0 Å². The summed E-state index contributed by atoms with van der Waals surface area (Å²) in [7, 11) is 0.474. The maximum absolute atomic E-state index is 14.9. The summed E-state index contributed by atoms with van der Waals surface area (Å²) in [5.74, 6) is -1.39. The molecule has 0 saturated carbocycles. The average molecular weight is 417 g/mol. The molecule has 0 aromatic heterocycles. The summed E-state index contributed by atoms with van der Waals surface area (Å²) in [5, 5.41) is 0. The number of anilines is 1. The third kappa shape index (κ3) is 5.00. The fourth-order valence-corrected chi connectivity index (χ4v) is 2.94. The quantitative estimate of drug-likeness (QED) is 0.427. The summed E-state index contributed by atoms with van der Waals surface area (Å²) >= 11 is 0. The minimum absolute atomic E-state index is 0.0811. The van der Waals surface area contributed by atoms with Crippen molar-refractivity contribution in [1.82, 2.24) is 0 Å². The van der Waals surface area contributed by atoms with Crippen molar-refractivity contribution >= 4 is 25.7 Å². The van der Waals surface area contributed by atoms with E-state index >= 15 is 0 Å². The van der Waals surface area contributed by atoms with Gasteiger partial charge in [0.25, 0.3) is 0 Å². The van der Waals surface area contributed by atoms with Crippen molar-refractivity contribution in [2.75, 3.05) is 19.1 Å². The Labute approximate surface area is 169 Å². The first-order valence-corrected chi connectivity index (χ1v) is 12.2. The van der Waals surface area contributed by atoms with Gasteiger partial charge in [-0.05, 0) is 24.3 Å². The zero-order valence-corrected chi connectivity index (χ0v) is 17.8. The normalized spacial score (nSPS) is 13.6. The van der Waals surface area contributed by atoms with E-state index in [4.69, 9.17) is 9.47 Å². The van der Waals surface area contributed by atoms with E-state index in [0.717, 1.165) is 19.1 Å². The molecule has 0 aliphatic carbocycles. The topological polar surface area (TPSA) is 55.8 Å². The number of ether oxygens (including phenoxy) is 2. The van der Waals surface area contributed by atoms with E-state index in [9.17, 15) is 18.4 Å². The molecule has 1 aliphatic rings. The Bertz CT molecular complexity index is 994. The Morgan fingerprint density at radius 3 is 2.24 bits per heavy atom. The summed E-state index contributed by atoms with van der Waals surface area (Å²) in [6, 6.07) is 2.62. The van der Waals surface area contributed by atoms with Gasteiger partial charge in [-0.3, -0.25) is 0 Å². The maximum Gasteiger partial charge on any atom is 0.355 e. The van der Waals surface area contributed by atoms with E-state index in [1.807, 2.05) is 19.6 Å². The molecule has 0 radical (unpaired) electrons. The molecule has 1 aromatic rings. The summed E-state index contributed by atoms with van der Waals surface area (Å²) < 4.78 is 39.0. The van der Waals surface area contributed by atoms with Crippen LogP contribution >= 0.6 is 0 Å². The fourth-order valence-electron chi connectivity index (χ4n) is 2.43. The molecule has 2 rings (SSSR count). The SMILES string of the molecule is COC(=O)C1=C(C(=O)OC)N(c2ccc(C#C[Si](C)(C)C)c(F)c2F)C=CC=C1. The van der Waals surface area contributed by atoms with Crippen LogP contribution in [-0.2, 0) is 19.1 Å². The van der Waals surface area contributed by atoms with Gasteiger partial charge in [0.1, 0.15) is 13.8 Å².